The summed E-state index contributed by atoms with van der Waals surface area (Å²) in [6, 6.07) is 14.3. The van der Waals surface area contributed by atoms with Crippen molar-refractivity contribution >= 4 is 23.4 Å². The number of benzene rings is 2. The van der Waals surface area contributed by atoms with E-state index in [1.807, 2.05) is 47.1 Å². The van der Waals surface area contributed by atoms with Crippen molar-refractivity contribution in [2.75, 3.05) is 43.9 Å². The van der Waals surface area contributed by atoms with E-state index in [0.29, 0.717) is 49.3 Å². The van der Waals surface area contributed by atoms with Crippen molar-refractivity contribution in [3.63, 3.8) is 0 Å². The Morgan fingerprint density at radius 3 is 2.53 bits per heavy atom. The molecule has 1 fully saturated rings. The fraction of sp³-hybridized carbons (Fsp3) is 0.333. The molecule has 1 aromatic heterocycles. The Kier molecular flexibility index (Phi) is 6.99. The van der Waals surface area contributed by atoms with Gasteiger partial charge in [0.05, 0.1) is 24.2 Å². The van der Waals surface area contributed by atoms with Gasteiger partial charge in [-0.05, 0) is 43.3 Å². The molecular weight excluding hydrogens is 429 g/mol. The lowest BCUT2D eigenvalue weighted by Crippen LogP contribution is -2.49. The number of amides is 1. The van der Waals surface area contributed by atoms with Gasteiger partial charge in [0.15, 0.2) is 0 Å². The summed E-state index contributed by atoms with van der Waals surface area (Å²) in [6.07, 6.45) is 0. The molecule has 0 radical (unpaired) electrons. The Bertz CT molecular complexity index is 1060. The normalized spacial score (nSPS) is 14.0. The monoisotopic (exact) mass is 455 g/mol. The van der Waals surface area contributed by atoms with Crippen LogP contribution in [0.3, 0.4) is 0 Å². The fourth-order valence-electron chi connectivity index (χ4n) is 3.65. The summed E-state index contributed by atoms with van der Waals surface area (Å²) in [4.78, 5) is 21.1. The molecule has 32 heavy (non-hydrogen) atoms. The van der Waals surface area contributed by atoms with E-state index in [4.69, 9.17) is 9.15 Å². The summed E-state index contributed by atoms with van der Waals surface area (Å²) in [5, 5.41) is 0. The molecule has 8 heteroatoms. The zero-order chi connectivity index (χ0) is 22.5. The molecule has 6 nitrogen and oxygen atoms in total. The van der Waals surface area contributed by atoms with E-state index in [1.165, 1.54) is 17.8 Å². The van der Waals surface area contributed by atoms with Gasteiger partial charge in [-0.25, -0.2) is 9.37 Å². The van der Waals surface area contributed by atoms with Gasteiger partial charge in [0.2, 0.25) is 11.8 Å². The third kappa shape index (κ3) is 5.07. The third-order valence-electron chi connectivity index (χ3n) is 5.52. The van der Waals surface area contributed by atoms with E-state index in [0.717, 1.165) is 22.8 Å². The van der Waals surface area contributed by atoms with Crippen molar-refractivity contribution in [3.05, 3.63) is 65.8 Å². The Balaban J connectivity index is 1.26. The average molecular weight is 456 g/mol. The minimum atomic E-state index is -0.222. The highest BCUT2D eigenvalue weighted by Crippen LogP contribution is 2.26. The Labute approximate surface area is 191 Å². The van der Waals surface area contributed by atoms with Crippen LogP contribution in [-0.4, -0.2) is 54.8 Å². The molecule has 2 aromatic carbocycles. The van der Waals surface area contributed by atoms with Crippen LogP contribution in [0.15, 0.2) is 52.9 Å². The summed E-state index contributed by atoms with van der Waals surface area (Å²) in [6.45, 7) is 4.34. The highest BCUT2D eigenvalue weighted by molar-refractivity contribution is 7.99. The number of rotatable bonds is 7. The van der Waals surface area contributed by atoms with Crippen molar-refractivity contribution in [1.82, 2.24) is 9.88 Å². The Morgan fingerprint density at radius 1 is 1.12 bits per heavy atom. The quantitative estimate of drug-likeness (QED) is 0.527. The number of oxazole rings is 1. The molecular formula is C24H26FN3O3S. The van der Waals surface area contributed by atoms with Gasteiger partial charge in [-0.3, -0.25) is 4.79 Å². The van der Waals surface area contributed by atoms with Crippen LogP contribution in [0.4, 0.5) is 10.1 Å². The van der Waals surface area contributed by atoms with Crippen LogP contribution < -0.4 is 9.64 Å². The Morgan fingerprint density at radius 2 is 1.84 bits per heavy atom. The molecule has 4 rings (SSSR count). The van der Waals surface area contributed by atoms with Crippen molar-refractivity contribution in [1.29, 1.82) is 0 Å². The second-order valence-corrected chi connectivity index (χ2v) is 8.55. The molecule has 1 amide bonds. The van der Waals surface area contributed by atoms with Crippen molar-refractivity contribution < 1.29 is 18.3 Å². The molecule has 2 heterocycles. The van der Waals surface area contributed by atoms with Crippen LogP contribution in [0.25, 0.3) is 11.5 Å². The highest BCUT2D eigenvalue weighted by atomic mass is 32.2. The first-order valence-electron chi connectivity index (χ1n) is 10.5. The van der Waals surface area contributed by atoms with Crippen molar-refractivity contribution in [3.8, 4) is 17.2 Å². The number of carbonyl (C=O) groups is 1. The molecule has 3 aromatic rings. The molecule has 0 aliphatic carbocycles. The number of halogens is 1. The predicted molar refractivity (Wildman–Crippen MR) is 125 cm³/mol. The fourth-order valence-corrected chi connectivity index (χ4v) is 4.57. The number of aryl methyl sites for hydroxylation is 1. The number of para-hydroxylation sites is 1. The summed E-state index contributed by atoms with van der Waals surface area (Å²) in [7, 11) is 1.63. The third-order valence-corrected chi connectivity index (χ3v) is 6.45. The summed E-state index contributed by atoms with van der Waals surface area (Å²) < 4.78 is 25.0. The zero-order valence-electron chi connectivity index (χ0n) is 18.2. The molecule has 0 unspecified atom stereocenters. The van der Waals surface area contributed by atoms with Crippen LogP contribution >= 0.6 is 11.8 Å². The standard InChI is InChI=1S/C24H26FN3O3S/c1-17-21(26-24(31-17)18-7-9-19(30-2)10-8-18)15-32-16-23(29)28-13-11-27(12-14-28)22-6-4-3-5-20(22)25/h3-10H,11-16H2,1-2H3. The number of ether oxygens (including phenoxy) is 1. The van der Waals surface area contributed by atoms with Gasteiger partial charge in [0, 0.05) is 37.5 Å². The van der Waals surface area contributed by atoms with Gasteiger partial charge < -0.3 is 19.0 Å². The number of hydrogen-bond donors (Lipinski definition) is 0. The molecule has 0 atom stereocenters. The molecule has 1 saturated heterocycles. The van der Waals surface area contributed by atoms with Crippen LogP contribution in [-0.2, 0) is 10.5 Å². The van der Waals surface area contributed by atoms with E-state index in [-0.39, 0.29) is 11.7 Å². The minimum Gasteiger partial charge on any atom is -0.497 e. The number of carbonyl (C=O) groups excluding carboxylic acids is 1. The SMILES string of the molecule is COc1ccc(-c2nc(CSCC(=O)N3CCN(c4ccccc4F)CC3)c(C)o2)cc1. The largest absolute Gasteiger partial charge is 0.497 e. The van der Waals surface area contributed by atoms with E-state index in [2.05, 4.69) is 4.98 Å². The number of piperazine rings is 1. The number of thioether (sulfide) groups is 1. The topological polar surface area (TPSA) is 58.8 Å². The minimum absolute atomic E-state index is 0.0970. The molecule has 0 saturated carbocycles. The number of aromatic nitrogens is 1. The van der Waals surface area contributed by atoms with Crippen molar-refractivity contribution in [2.45, 2.75) is 12.7 Å². The zero-order valence-corrected chi connectivity index (χ0v) is 19.0. The van der Waals surface area contributed by atoms with Crippen LogP contribution in [0, 0.1) is 12.7 Å². The van der Waals surface area contributed by atoms with E-state index < -0.39 is 0 Å². The number of hydrogen-bond acceptors (Lipinski definition) is 6. The number of anilines is 1. The van der Waals surface area contributed by atoms with Crippen molar-refractivity contribution in [2.24, 2.45) is 0 Å². The van der Waals surface area contributed by atoms with Crippen LogP contribution in [0.5, 0.6) is 5.75 Å². The lowest BCUT2D eigenvalue weighted by Gasteiger charge is -2.36. The van der Waals surface area contributed by atoms with Crippen LogP contribution in [0.1, 0.15) is 11.5 Å². The predicted octanol–water partition coefficient (Wildman–Crippen LogP) is 4.38. The van der Waals surface area contributed by atoms with E-state index in [9.17, 15) is 9.18 Å². The summed E-state index contributed by atoms with van der Waals surface area (Å²) >= 11 is 1.53. The lowest BCUT2D eigenvalue weighted by atomic mass is 10.2. The number of methoxy groups -OCH3 is 1. The molecule has 0 bridgehead atoms. The van der Waals surface area contributed by atoms with E-state index in [1.54, 1.807) is 19.2 Å². The van der Waals surface area contributed by atoms with Gasteiger partial charge >= 0.3 is 0 Å². The van der Waals surface area contributed by atoms with Gasteiger partial charge in [-0.1, -0.05) is 12.1 Å². The molecule has 1 aliphatic heterocycles. The second-order valence-electron chi connectivity index (χ2n) is 7.56. The molecule has 0 N–H and O–H groups in total. The summed E-state index contributed by atoms with van der Waals surface area (Å²) in [5.41, 5.74) is 2.33. The maximum absolute atomic E-state index is 14.0. The Hall–Kier alpha value is -3.00. The maximum Gasteiger partial charge on any atom is 0.232 e. The molecule has 168 valence electrons. The van der Waals surface area contributed by atoms with E-state index >= 15 is 0 Å². The van der Waals surface area contributed by atoms with Crippen LogP contribution in [0.2, 0.25) is 0 Å². The first-order valence-corrected chi connectivity index (χ1v) is 11.7. The molecule has 1 aliphatic rings. The van der Waals surface area contributed by atoms with Gasteiger partial charge in [-0.2, -0.15) is 0 Å². The molecule has 0 spiro atoms. The lowest BCUT2D eigenvalue weighted by molar-refractivity contribution is -0.128. The smallest absolute Gasteiger partial charge is 0.232 e. The number of nitrogens with zero attached hydrogens (tertiary/aromatic N) is 3. The highest BCUT2D eigenvalue weighted by Gasteiger charge is 2.23. The first kappa shape index (κ1) is 22.2. The maximum atomic E-state index is 14.0. The van der Waals surface area contributed by atoms with Gasteiger partial charge in [0.1, 0.15) is 17.3 Å². The van der Waals surface area contributed by atoms with Gasteiger partial charge in [-0.15, -0.1) is 11.8 Å². The second kappa shape index (κ2) is 10.1. The average Bonchev–Trinajstić information content (AvgIpc) is 3.20. The summed E-state index contributed by atoms with van der Waals surface area (Å²) in [5.74, 6) is 2.96. The first-order chi connectivity index (χ1) is 15.5. The van der Waals surface area contributed by atoms with Gasteiger partial charge in [0.25, 0.3) is 0 Å².